The Morgan fingerprint density at radius 1 is 1.11 bits per heavy atom. The number of hydrogen-bond acceptors (Lipinski definition) is 4. The molecule has 4 heteroatoms. The predicted octanol–water partition coefficient (Wildman–Crippen LogP) is 2.89. The van der Waals surface area contributed by atoms with Gasteiger partial charge in [0.1, 0.15) is 0 Å². The minimum absolute atomic E-state index is 0.0145. The molecule has 94 valence electrons. The summed E-state index contributed by atoms with van der Waals surface area (Å²) in [5.41, 5.74) is 9.29. The van der Waals surface area contributed by atoms with Crippen LogP contribution in [0.3, 0.4) is 0 Å². The van der Waals surface area contributed by atoms with Gasteiger partial charge in [-0.1, -0.05) is 42.1 Å². The Bertz CT molecular complexity index is 493. The second-order valence-electron chi connectivity index (χ2n) is 4.26. The lowest BCUT2D eigenvalue weighted by molar-refractivity contribution is 0.823. The molecule has 3 nitrogen and oxygen atoms in total. The van der Waals surface area contributed by atoms with Crippen molar-refractivity contribution >= 4 is 11.8 Å². The van der Waals surface area contributed by atoms with Crippen molar-refractivity contribution in [2.24, 2.45) is 5.73 Å². The van der Waals surface area contributed by atoms with Gasteiger partial charge in [0.05, 0.1) is 0 Å². The zero-order chi connectivity index (χ0) is 13.0. The summed E-state index contributed by atoms with van der Waals surface area (Å²) in [6, 6.07) is 12.1. The largest absolute Gasteiger partial charge is 0.323 e. The van der Waals surface area contributed by atoms with E-state index in [1.54, 1.807) is 11.8 Å². The SMILES string of the molecule is Cc1cc(C)nc(SCC(N)c2ccccc2)n1. The second-order valence-corrected chi connectivity index (χ2v) is 5.25. The predicted molar refractivity (Wildman–Crippen MR) is 75.6 cm³/mol. The van der Waals surface area contributed by atoms with E-state index in [0.717, 1.165) is 27.9 Å². The molecule has 0 bridgehead atoms. The first-order valence-corrected chi connectivity index (χ1v) is 6.89. The van der Waals surface area contributed by atoms with E-state index in [0.29, 0.717) is 0 Å². The van der Waals surface area contributed by atoms with Crippen molar-refractivity contribution in [2.45, 2.75) is 25.0 Å². The highest BCUT2D eigenvalue weighted by Gasteiger charge is 2.08. The number of hydrogen-bond donors (Lipinski definition) is 1. The van der Waals surface area contributed by atoms with E-state index in [4.69, 9.17) is 5.73 Å². The van der Waals surface area contributed by atoms with Gasteiger partial charge in [0.25, 0.3) is 0 Å². The van der Waals surface area contributed by atoms with Gasteiger partial charge >= 0.3 is 0 Å². The first-order valence-electron chi connectivity index (χ1n) is 5.91. The highest BCUT2D eigenvalue weighted by atomic mass is 32.2. The van der Waals surface area contributed by atoms with E-state index >= 15 is 0 Å². The third kappa shape index (κ3) is 3.55. The Kier molecular flexibility index (Phi) is 4.33. The molecule has 0 saturated carbocycles. The van der Waals surface area contributed by atoms with E-state index in [1.807, 2.05) is 50.2 Å². The van der Waals surface area contributed by atoms with Crippen molar-refractivity contribution in [3.8, 4) is 0 Å². The first-order chi connectivity index (χ1) is 8.65. The van der Waals surface area contributed by atoms with Gasteiger partial charge in [-0.15, -0.1) is 0 Å². The Balaban J connectivity index is 1.99. The molecule has 2 aromatic rings. The zero-order valence-corrected chi connectivity index (χ0v) is 11.4. The molecule has 2 rings (SSSR count). The standard InChI is InChI=1S/C14H17N3S/c1-10-8-11(2)17-14(16-10)18-9-13(15)12-6-4-3-5-7-12/h3-8,13H,9,15H2,1-2H3. The monoisotopic (exact) mass is 259 g/mol. The van der Waals surface area contributed by atoms with E-state index in [9.17, 15) is 0 Å². The van der Waals surface area contributed by atoms with Gasteiger partial charge in [-0.25, -0.2) is 9.97 Å². The average molecular weight is 259 g/mol. The average Bonchev–Trinajstić information content (AvgIpc) is 2.36. The topological polar surface area (TPSA) is 51.8 Å². The highest BCUT2D eigenvalue weighted by molar-refractivity contribution is 7.99. The first kappa shape index (κ1) is 13.1. The van der Waals surface area contributed by atoms with Crippen LogP contribution in [0.4, 0.5) is 0 Å². The summed E-state index contributed by atoms with van der Waals surface area (Å²) >= 11 is 1.60. The maximum absolute atomic E-state index is 6.14. The van der Waals surface area contributed by atoms with Crippen molar-refractivity contribution in [1.29, 1.82) is 0 Å². The van der Waals surface area contributed by atoms with E-state index in [-0.39, 0.29) is 6.04 Å². The van der Waals surface area contributed by atoms with Crippen LogP contribution in [-0.2, 0) is 0 Å². The number of aromatic nitrogens is 2. The van der Waals surface area contributed by atoms with Crippen LogP contribution in [0.15, 0.2) is 41.6 Å². The number of nitrogens with two attached hydrogens (primary N) is 1. The summed E-state index contributed by atoms with van der Waals surface area (Å²) in [5, 5.41) is 0.805. The van der Waals surface area contributed by atoms with Crippen LogP contribution in [0.2, 0.25) is 0 Å². The van der Waals surface area contributed by atoms with Gasteiger partial charge in [0, 0.05) is 23.2 Å². The normalized spacial score (nSPS) is 12.4. The maximum Gasteiger partial charge on any atom is 0.188 e. The lowest BCUT2D eigenvalue weighted by atomic mass is 10.1. The smallest absolute Gasteiger partial charge is 0.188 e. The number of benzene rings is 1. The second kappa shape index (κ2) is 5.98. The van der Waals surface area contributed by atoms with Crippen molar-refractivity contribution in [1.82, 2.24) is 9.97 Å². The van der Waals surface area contributed by atoms with Crippen LogP contribution in [0, 0.1) is 13.8 Å². The molecular formula is C14H17N3S. The molecule has 0 radical (unpaired) electrons. The third-order valence-corrected chi connectivity index (χ3v) is 3.55. The molecule has 1 heterocycles. The fraction of sp³-hybridized carbons (Fsp3) is 0.286. The molecule has 18 heavy (non-hydrogen) atoms. The molecule has 0 spiro atoms. The minimum Gasteiger partial charge on any atom is -0.323 e. The molecule has 0 saturated heterocycles. The number of aryl methyl sites for hydroxylation is 2. The highest BCUT2D eigenvalue weighted by Crippen LogP contribution is 2.20. The van der Waals surface area contributed by atoms with Crippen LogP contribution in [-0.4, -0.2) is 15.7 Å². The number of thioether (sulfide) groups is 1. The van der Waals surface area contributed by atoms with E-state index in [1.165, 1.54) is 0 Å². The van der Waals surface area contributed by atoms with Crippen molar-refractivity contribution < 1.29 is 0 Å². The van der Waals surface area contributed by atoms with E-state index in [2.05, 4.69) is 9.97 Å². The Morgan fingerprint density at radius 2 is 1.72 bits per heavy atom. The molecule has 1 aromatic heterocycles. The summed E-state index contributed by atoms with van der Waals surface area (Å²) in [6.45, 7) is 3.96. The molecule has 1 atom stereocenters. The van der Waals surface area contributed by atoms with Gasteiger partial charge in [-0.2, -0.15) is 0 Å². The Morgan fingerprint density at radius 3 is 2.33 bits per heavy atom. The summed E-state index contributed by atoms with van der Waals surface area (Å²) < 4.78 is 0. The van der Waals surface area contributed by atoms with Gasteiger partial charge in [-0.05, 0) is 25.5 Å². The van der Waals surface area contributed by atoms with Gasteiger partial charge < -0.3 is 5.73 Å². The quantitative estimate of drug-likeness (QED) is 0.677. The van der Waals surface area contributed by atoms with Gasteiger partial charge in [0.2, 0.25) is 0 Å². The Hall–Kier alpha value is -1.39. The fourth-order valence-electron chi connectivity index (χ4n) is 1.72. The van der Waals surface area contributed by atoms with Crippen molar-refractivity contribution in [3.05, 3.63) is 53.3 Å². The molecule has 0 aliphatic heterocycles. The maximum atomic E-state index is 6.14. The molecule has 0 fully saturated rings. The zero-order valence-electron chi connectivity index (χ0n) is 10.6. The summed E-state index contributed by atoms with van der Waals surface area (Å²) in [4.78, 5) is 8.79. The molecule has 0 aliphatic carbocycles. The molecule has 0 amide bonds. The van der Waals surface area contributed by atoms with Crippen LogP contribution >= 0.6 is 11.8 Å². The van der Waals surface area contributed by atoms with Crippen molar-refractivity contribution in [3.63, 3.8) is 0 Å². The van der Waals surface area contributed by atoms with Crippen LogP contribution in [0.5, 0.6) is 0 Å². The summed E-state index contributed by atoms with van der Waals surface area (Å²) in [7, 11) is 0. The van der Waals surface area contributed by atoms with Gasteiger partial charge in [-0.3, -0.25) is 0 Å². The molecular weight excluding hydrogens is 242 g/mol. The number of rotatable bonds is 4. The molecule has 0 aliphatic rings. The molecule has 1 aromatic carbocycles. The van der Waals surface area contributed by atoms with Crippen molar-refractivity contribution in [2.75, 3.05) is 5.75 Å². The van der Waals surface area contributed by atoms with Gasteiger partial charge in [0.15, 0.2) is 5.16 Å². The minimum atomic E-state index is 0.0145. The Labute approximate surface area is 112 Å². The summed E-state index contributed by atoms with van der Waals surface area (Å²) in [5.74, 6) is 0.785. The lowest BCUT2D eigenvalue weighted by Crippen LogP contribution is -2.13. The van der Waals surface area contributed by atoms with Crippen LogP contribution < -0.4 is 5.73 Å². The summed E-state index contributed by atoms with van der Waals surface area (Å²) in [6.07, 6.45) is 0. The van der Waals surface area contributed by atoms with E-state index < -0.39 is 0 Å². The molecule has 2 N–H and O–H groups in total. The lowest BCUT2D eigenvalue weighted by Gasteiger charge is -2.11. The molecule has 1 unspecified atom stereocenters. The van der Waals surface area contributed by atoms with Crippen LogP contribution in [0.25, 0.3) is 0 Å². The van der Waals surface area contributed by atoms with Crippen LogP contribution in [0.1, 0.15) is 23.0 Å². The fourth-order valence-corrected chi connectivity index (χ4v) is 2.66. The number of nitrogens with zero attached hydrogens (tertiary/aromatic N) is 2. The third-order valence-electron chi connectivity index (χ3n) is 2.58.